The van der Waals surface area contributed by atoms with Crippen LogP contribution in [-0.4, -0.2) is 64.8 Å². The highest BCUT2D eigenvalue weighted by Crippen LogP contribution is 2.21. The molecule has 2 fully saturated rings. The van der Waals surface area contributed by atoms with Crippen LogP contribution in [0.3, 0.4) is 0 Å². The third-order valence-electron chi connectivity index (χ3n) is 4.05. The average Bonchev–Trinajstić information content (AvgIpc) is 3.11. The van der Waals surface area contributed by atoms with E-state index in [0.29, 0.717) is 5.69 Å². The van der Waals surface area contributed by atoms with Gasteiger partial charge in [-0.05, 0) is 19.8 Å². The average molecular weight is 325 g/mol. The van der Waals surface area contributed by atoms with Gasteiger partial charge >= 0.3 is 0 Å². The predicted octanol–water partition coefficient (Wildman–Crippen LogP) is 0.259. The minimum atomic E-state index is -0.976. The number of aromatic nitrogens is 1. The summed E-state index contributed by atoms with van der Waals surface area (Å²) < 4.78 is 4.91. The molecule has 0 bridgehead atoms. The van der Waals surface area contributed by atoms with Crippen molar-refractivity contribution in [3.05, 3.63) is 16.1 Å². The summed E-state index contributed by atoms with van der Waals surface area (Å²) in [6.07, 6.45) is 2.01. The van der Waals surface area contributed by atoms with E-state index in [0.717, 1.165) is 30.7 Å². The summed E-state index contributed by atoms with van der Waals surface area (Å²) in [7, 11) is 0. The predicted molar refractivity (Wildman–Crippen MR) is 79.9 cm³/mol. The van der Waals surface area contributed by atoms with Crippen molar-refractivity contribution in [2.45, 2.75) is 31.4 Å². The smallest absolute Gasteiger partial charge is 0.280 e. The Balaban J connectivity index is 1.60. The lowest BCUT2D eigenvalue weighted by Crippen LogP contribution is -2.56. The summed E-state index contributed by atoms with van der Waals surface area (Å²) in [5.74, 6) is -0.495. The van der Waals surface area contributed by atoms with Crippen molar-refractivity contribution in [3.8, 4) is 0 Å². The van der Waals surface area contributed by atoms with Crippen molar-refractivity contribution < 1.29 is 19.4 Å². The fraction of sp³-hybridized carbons (Fsp3) is 0.643. The van der Waals surface area contributed by atoms with Gasteiger partial charge in [0.1, 0.15) is 11.3 Å². The number of hydrogen-bond donors (Lipinski definition) is 2. The van der Waals surface area contributed by atoms with Crippen LogP contribution in [0.5, 0.6) is 0 Å². The van der Waals surface area contributed by atoms with E-state index in [1.54, 1.807) is 10.3 Å². The summed E-state index contributed by atoms with van der Waals surface area (Å²) in [6, 6.07) is 0.222. The summed E-state index contributed by atoms with van der Waals surface area (Å²) in [4.78, 5) is 30.3. The largest absolute Gasteiger partial charge is 0.383 e. The zero-order chi connectivity index (χ0) is 15.7. The molecule has 1 aromatic heterocycles. The van der Waals surface area contributed by atoms with Crippen LogP contribution in [0.2, 0.25) is 0 Å². The third kappa shape index (κ3) is 2.99. The lowest BCUT2D eigenvalue weighted by atomic mass is 10.0. The van der Waals surface area contributed by atoms with Gasteiger partial charge in [-0.15, -0.1) is 11.3 Å². The van der Waals surface area contributed by atoms with E-state index >= 15 is 0 Å². The normalized spacial score (nSPS) is 23.2. The molecule has 0 aliphatic carbocycles. The number of nitrogens with one attached hydrogen (secondary N) is 1. The molecule has 8 heteroatoms. The molecule has 120 valence electrons. The van der Waals surface area contributed by atoms with E-state index in [1.165, 1.54) is 0 Å². The molecule has 0 aromatic carbocycles. The summed E-state index contributed by atoms with van der Waals surface area (Å²) in [5, 5.41) is 14.3. The Kier molecular flexibility index (Phi) is 4.16. The summed E-state index contributed by atoms with van der Waals surface area (Å²) in [5.41, 5.74) is -0.661. The van der Waals surface area contributed by atoms with Gasteiger partial charge in [0.25, 0.3) is 11.8 Å². The van der Waals surface area contributed by atoms with Crippen LogP contribution in [0.4, 0.5) is 0 Å². The molecular formula is C14H19N3O4S. The number of carbonyl (C=O) groups excluding carboxylic acids is 2. The fourth-order valence-corrected chi connectivity index (χ4v) is 3.33. The maximum absolute atomic E-state index is 12.3. The van der Waals surface area contributed by atoms with Gasteiger partial charge in [0, 0.05) is 18.0 Å². The SMILES string of the molecule is C[C@H]1CCCN1C(=O)c1csc(C(=O)NCC2(O)COC2)n1. The molecule has 3 rings (SSSR count). The Morgan fingerprint density at radius 1 is 1.59 bits per heavy atom. The quantitative estimate of drug-likeness (QED) is 0.828. The number of amides is 2. The first-order valence-corrected chi connectivity index (χ1v) is 8.21. The standard InChI is InChI=1S/C14H19N3O4S/c1-9-3-2-4-17(9)13(19)10-5-22-12(16-10)11(18)15-6-14(20)7-21-8-14/h5,9,20H,2-4,6-8H2,1H3,(H,15,18)/t9-/m0/s1. The number of rotatable bonds is 4. The first-order chi connectivity index (χ1) is 10.5. The Labute approximate surface area is 132 Å². The zero-order valence-electron chi connectivity index (χ0n) is 12.4. The van der Waals surface area contributed by atoms with Gasteiger partial charge in [0.15, 0.2) is 5.01 Å². The first-order valence-electron chi connectivity index (χ1n) is 7.33. The van der Waals surface area contributed by atoms with E-state index in [4.69, 9.17) is 4.74 Å². The topological polar surface area (TPSA) is 91.8 Å². The van der Waals surface area contributed by atoms with E-state index in [-0.39, 0.29) is 42.6 Å². The molecule has 2 amide bonds. The Bertz CT molecular complexity index is 584. The van der Waals surface area contributed by atoms with Gasteiger partial charge in [0.2, 0.25) is 0 Å². The van der Waals surface area contributed by atoms with Crippen molar-refractivity contribution in [1.29, 1.82) is 0 Å². The minimum Gasteiger partial charge on any atom is -0.383 e. The number of ether oxygens (including phenoxy) is 1. The van der Waals surface area contributed by atoms with Gasteiger partial charge in [0.05, 0.1) is 19.8 Å². The van der Waals surface area contributed by atoms with Crippen molar-refractivity contribution in [2.24, 2.45) is 0 Å². The highest BCUT2D eigenvalue weighted by atomic mass is 32.1. The van der Waals surface area contributed by atoms with Crippen LogP contribution in [-0.2, 0) is 4.74 Å². The van der Waals surface area contributed by atoms with E-state index in [1.807, 2.05) is 6.92 Å². The first kappa shape index (κ1) is 15.4. The van der Waals surface area contributed by atoms with E-state index in [9.17, 15) is 14.7 Å². The summed E-state index contributed by atoms with van der Waals surface area (Å²) in [6.45, 7) is 3.33. The van der Waals surface area contributed by atoms with Crippen LogP contribution in [0, 0.1) is 0 Å². The molecule has 0 spiro atoms. The van der Waals surface area contributed by atoms with Gasteiger partial charge in [-0.1, -0.05) is 0 Å². The molecule has 2 aliphatic rings. The second-order valence-corrected chi connectivity index (χ2v) is 6.79. The monoisotopic (exact) mass is 325 g/mol. The van der Waals surface area contributed by atoms with Crippen molar-refractivity contribution in [1.82, 2.24) is 15.2 Å². The lowest BCUT2D eigenvalue weighted by molar-refractivity contribution is -0.173. The number of likely N-dealkylation sites (tertiary alicyclic amines) is 1. The second kappa shape index (κ2) is 5.94. The van der Waals surface area contributed by atoms with Gasteiger partial charge in [-0.3, -0.25) is 9.59 Å². The number of nitrogens with zero attached hydrogens (tertiary/aromatic N) is 2. The molecule has 0 unspecified atom stereocenters. The second-order valence-electron chi connectivity index (χ2n) is 5.93. The molecule has 2 saturated heterocycles. The van der Waals surface area contributed by atoms with Crippen molar-refractivity contribution >= 4 is 23.2 Å². The maximum atomic E-state index is 12.3. The Hall–Kier alpha value is -1.51. The number of carbonyl (C=O) groups is 2. The van der Waals surface area contributed by atoms with Crippen LogP contribution in [0.1, 0.15) is 40.1 Å². The lowest BCUT2D eigenvalue weighted by Gasteiger charge is -2.36. The molecule has 3 heterocycles. The van der Waals surface area contributed by atoms with E-state index in [2.05, 4.69) is 10.3 Å². The number of thiazole rings is 1. The number of aliphatic hydroxyl groups is 1. The van der Waals surface area contributed by atoms with Crippen LogP contribution in [0.25, 0.3) is 0 Å². The third-order valence-corrected chi connectivity index (χ3v) is 4.89. The highest BCUT2D eigenvalue weighted by molar-refractivity contribution is 7.11. The molecular weight excluding hydrogens is 306 g/mol. The van der Waals surface area contributed by atoms with Crippen molar-refractivity contribution in [2.75, 3.05) is 26.3 Å². The molecule has 2 aliphatic heterocycles. The Morgan fingerprint density at radius 2 is 2.36 bits per heavy atom. The number of hydrogen-bond acceptors (Lipinski definition) is 6. The molecule has 0 saturated carbocycles. The van der Waals surface area contributed by atoms with Crippen LogP contribution in [0.15, 0.2) is 5.38 Å². The van der Waals surface area contributed by atoms with E-state index < -0.39 is 5.60 Å². The van der Waals surface area contributed by atoms with Gasteiger partial charge in [-0.25, -0.2) is 4.98 Å². The van der Waals surface area contributed by atoms with Crippen LogP contribution >= 0.6 is 11.3 Å². The maximum Gasteiger partial charge on any atom is 0.280 e. The highest BCUT2D eigenvalue weighted by Gasteiger charge is 2.36. The molecule has 0 radical (unpaired) electrons. The van der Waals surface area contributed by atoms with Crippen molar-refractivity contribution in [3.63, 3.8) is 0 Å². The molecule has 7 nitrogen and oxygen atoms in total. The van der Waals surface area contributed by atoms with Crippen LogP contribution < -0.4 is 5.32 Å². The van der Waals surface area contributed by atoms with Gasteiger partial charge < -0.3 is 20.1 Å². The Morgan fingerprint density at radius 3 is 2.95 bits per heavy atom. The zero-order valence-corrected chi connectivity index (χ0v) is 13.2. The van der Waals surface area contributed by atoms with Gasteiger partial charge in [-0.2, -0.15) is 0 Å². The molecule has 1 atom stereocenters. The minimum absolute atomic E-state index is 0.119. The molecule has 22 heavy (non-hydrogen) atoms. The molecule has 1 aromatic rings. The fourth-order valence-electron chi connectivity index (χ4n) is 2.62. The summed E-state index contributed by atoms with van der Waals surface area (Å²) >= 11 is 1.14. The molecule has 2 N–H and O–H groups in total.